The molecule has 5 saturated carbocycles. The maximum Gasteiger partial charge on any atom is 0.309 e. The van der Waals surface area contributed by atoms with E-state index in [0.29, 0.717) is 23.7 Å². The molecular formula is C30H48O3. The van der Waals surface area contributed by atoms with Gasteiger partial charge in [-0.05, 0) is 122 Å². The molecule has 186 valence electrons. The summed E-state index contributed by atoms with van der Waals surface area (Å²) in [5.41, 5.74) is 1.35. The van der Waals surface area contributed by atoms with Crippen molar-refractivity contribution in [2.45, 2.75) is 112 Å². The molecule has 2 N–H and O–H groups in total. The Morgan fingerprint density at radius 2 is 1.52 bits per heavy atom. The molecule has 0 heterocycles. The van der Waals surface area contributed by atoms with Crippen LogP contribution in [0.2, 0.25) is 0 Å². The second kappa shape index (κ2) is 7.11. The number of aliphatic hydroxyl groups is 1. The lowest BCUT2D eigenvalue weighted by Gasteiger charge is -2.72. The van der Waals surface area contributed by atoms with Gasteiger partial charge in [0.25, 0.3) is 0 Å². The van der Waals surface area contributed by atoms with Crippen molar-refractivity contribution in [2.24, 2.45) is 56.7 Å². The molecule has 5 aliphatic carbocycles. The van der Waals surface area contributed by atoms with E-state index in [1.165, 1.54) is 31.3 Å². The zero-order valence-electron chi connectivity index (χ0n) is 22.0. The van der Waals surface area contributed by atoms with Gasteiger partial charge >= 0.3 is 5.97 Å². The monoisotopic (exact) mass is 456 g/mol. The van der Waals surface area contributed by atoms with Crippen LogP contribution in [-0.4, -0.2) is 22.3 Å². The third kappa shape index (κ3) is 2.75. The number of carbonyl (C=O) groups is 1. The Hall–Kier alpha value is -0.830. The molecule has 0 aromatic rings. The minimum absolute atomic E-state index is 0.0202. The smallest absolute Gasteiger partial charge is 0.309 e. The van der Waals surface area contributed by atoms with E-state index in [2.05, 4.69) is 48.1 Å². The zero-order valence-corrected chi connectivity index (χ0v) is 22.0. The van der Waals surface area contributed by atoms with E-state index >= 15 is 0 Å². The molecule has 5 unspecified atom stereocenters. The summed E-state index contributed by atoms with van der Waals surface area (Å²) >= 11 is 0. The van der Waals surface area contributed by atoms with E-state index in [4.69, 9.17) is 0 Å². The van der Waals surface area contributed by atoms with Gasteiger partial charge in [0, 0.05) is 0 Å². The van der Waals surface area contributed by atoms with Gasteiger partial charge in [-0.2, -0.15) is 0 Å². The van der Waals surface area contributed by atoms with Crippen molar-refractivity contribution in [3.05, 3.63) is 12.2 Å². The second-order valence-corrected chi connectivity index (χ2v) is 14.5. The number of rotatable bonds is 2. The molecule has 5 aliphatic rings. The van der Waals surface area contributed by atoms with Crippen LogP contribution in [0.1, 0.15) is 106 Å². The Morgan fingerprint density at radius 3 is 2.15 bits per heavy atom. The minimum atomic E-state index is -0.538. The molecule has 5 rings (SSSR count). The van der Waals surface area contributed by atoms with E-state index < -0.39 is 11.4 Å². The topological polar surface area (TPSA) is 57.5 Å². The molecule has 10 atom stereocenters. The molecule has 33 heavy (non-hydrogen) atoms. The predicted molar refractivity (Wildman–Crippen MR) is 133 cm³/mol. The standard InChI is InChI=1S/C30H48O3/c1-18(2)19-10-15-30(25(32)33)17-16-28(6)20(24(19)30)8-9-22-27(5)13-12-23(31)26(3,4)21(27)11-14-29(22,28)7/h19-24,31H,1,8-17H2,2-7H3,(H,32,33)/t19-,20?,21?,22?,23?,24?,27-,28+,29+,30-/m0/s1. The lowest BCUT2D eigenvalue weighted by Crippen LogP contribution is -2.67. The summed E-state index contributed by atoms with van der Waals surface area (Å²) < 4.78 is 0. The Morgan fingerprint density at radius 1 is 0.818 bits per heavy atom. The Balaban J connectivity index is 1.57. The molecule has 0 saturated heterocycles. The molecule has 0 bridgehead atoms. The Labute approximate surface area is 201 Å². The molecule has 3 nitrogen and oxygen atoms in total. The minimum Gasteiger partial charge on any atom is -0.481 e. The highest BCUT2D eigenvalue weighted by Crippen LogP contribution is 2.77. The number of carboxylic acids is 1. The lowest BCUT2D eigenvalue weighted by molar-refractivity contribution is -0.248. The number of hydrogen-bond donors (Lipinski definition) is 2. The quantitative estimate of drug-likeness (QED) is 0.436. The van der Waals surface area contributed by atoms with E-state index in [-0.39, 0.29) is 33.7 Å². The van der Waals surface area contributed by atoms with Crippen LogP contribution in [0, 0.1) is 56.7 Å². The molecule has 0 amide bonds. The Kier molecular flexibility index (Phi) is 5.15. The van der Waals surface area contributed by atoms with Crippen LogP contribution in [-0.2, 0) is 4.79 Å². The van der Waals surface area contributed by atoms with Crippen molar-refractivity contribution >= 4 is 5.97 Å². The maximum atomic E-state index is 12.8. The third-order valence-electron chi connectivity index (χ3n) is 13.5. The molecule has 0 aromatic heterocycles. The first-order chi connectivity index (χ1) is 15.3. The van der Waals surface area contributed by atoms with Gasteiger partial charge in [-0.25, -0.2) is 0 Å². The number of allylic oxidation sites excluding steroid dienone is 1. The molecule has 0 aromatic carbocycles. The zero-order chi connectivity index (χ0) is 24.2. The Bertz CT molecular complexity index is 861. The fraction of sp³-hybridized carbons (Fsp3) is 0.900. The van der Waals surface area contributed by atoms with Crippen molar-refractivity contribution < 1.29 is 15.0 Å². The van der Waals surface area contributed by atoms with Gasteiger partial charge in [-0.3, -0.25) is 4.79 Å². The first kappa shape index (κ1) is 23.9. The van der Waals surface area contributed by atoms with Crippen molar-refractivity contribution in [1.82, 2.24) is 0 Å². The van der Waals surface area contributed by atoms with E-state index in [1.54, 1.807) is 0 Å². The summed E-state index contributed by atoms with van der Waals surface area (Å²) in [7, 11) is 0. The van der Waals surface area contributed by atoms with Crippen molar-refractivity contribution in [3.8, 4) is 0 Å². The fourth-order valence-electron chi connectivity index (χ4n) is 11.5. The predicted octanol–water partition coefficient (Wildman–Crippen LogP) is 7.09. The van der Waals surface area contributed by atoms with Crippen LogP contribution in [0.4, 0.5) is 0 Å². The average Bonchev–Trinajstić information content (AvgIpc) is 3.13. The molecular weight excluding hydrogens is 408 g/mol. The lowest BCUT2D eigenvalue weighted by atomic mass is 9.32. The van der Waals surface area contributed by atoms with Gasteiger partial charge in [0.1, 0.15) is 0 Å². The van der Waals surface area contributed by atoms with Gasteiger partial charge in [-0.1, -0.05) is 46.8 Å². The summed E-state index contributed by atoms with van der Waals surface area (Å²) in [6, 6.07) is 0. The van der Waals surface area contributed by atoms with Crippen LogP contribution in [0.25, 0.3) is 0 Å². The van der Waals surface area contributed by atoms with Gasteiger partial charge in [0.2, 0.25) is 0 Å². The summed E-state index contributed by atoms with van der Waals surface area (Å²) in [6.45, 7) is 18.8. The van der Waals surface area contributed by atoms with Crippen molar-refractivity contribution in [3.63, 3.8) is 0 Å². The van der Waals surface area contributed by atoms with Crippen LogP contribution in [0.15, 0.2) is 12.2 Å². The summed E-state index contributed by atoms with van der Waals surface area (Å²) in [5, 5.41) is 21.4. The molecule has 3 heteroatoms. The van der Waals surface area contributed by atoms with Crippen molar-refractivity contribution in [1.29, 1.82) is 0 Å². The highest BCUT2D eigenvalue weighted by atomic mass is 16.4. The maximum absolute atomic E-state index is 12.8. The van der Waals surface area contributed by atoms with Crippen LogP contribution in [0.3, 0.4) is 0 Å². The van der Waals surface area contributed by atoms with Gasteiger partial charge in [0.15, 0.2) is 0 Å². The second-order valence-electron chi connectivity index (χ2n) is 14.5. The normalized spacial score (nSPS) is 55.0. The van der Waals surface area contributed by atoms with Crippen LogP contribution in [0.5, 0.6) is 0 Å². The largest absolute Gasteiger partial charge is 0.481 e. The summed E-state index contributed by atoms with van der Waals surface area (Å²) in [4.78, 5) is 12.8. The number of aliphatic carboxylic acids is 1. The SMILES string of the molecule is C=C(C)[C@@H]1CC[C@]2(C(=O)O)CC[C@]3(C)C(CCC4[C@@]5(C)CCC(O)C(C)(C)C5CC[C@]43C)C12. The first-order valence-electron chi connectivity index (χ1n) is 13.8. The van der Waals surface area contributed by atoms with E-state index in [1.807, 2.05) is 0 Å². The number of aliphatic hydroxyl groups excluding tert-OH is 1. The van der Waals surface area contributed by atoms with Gasteiger partial charge in [0.05, 0.1) is 11.5 Å². The highest BCUT2D eigenvalue weighted by Gasteiger charge is 2.71. The molecule has 0 aliphatic heterocycles. The summed E-state index contributed by atoms with van der Waals surface area (Å²) in [5.74, 6) is 1.79. The van der Waals surface area contributed by atoms with Crippen LogP contribution < -0.4 is 0 Å². The van der Waals surface area contributed by atoms with E-state index in [0.717, 1.165) is 38.5 Å². The first-order valence-corrected chi connectivity index (χ1v) is 13.8. The van der Waals surface area contributed by atoms with Crippen molar-refractivity contribution in [2.75, 3.05) is 0 Å². The van der Waals surface area contributed by atoms with Crippen LogP contribution >= 0.6 is 0 Å². The molecule has 5 fully saturated rings. The number of carboxylic acid groups (broad SMARTS) is 1. The fourth-order valence-corrected chi connectivity index (χ4v) is 11.5. The van der Waals surface area contributed by atoms with Gasteiger partial charge < -0.3 is 10.2 Å². The van der Waals surface area contributed by atoms with Gasteiger partial charge in [-0.15, -0.1) is 0 Å². The third-order valence-corrected chi connectivity index (χ3v) is 13.5. The van der Waals surface area contributed by atoms with E-state index in [9.17, 15) is 15.0 Å². The average molecular weight is 457 g/mol. The molecule has 0 spiro atoms. The summed E-state index contributed by atoms with van der Waals surface area (Å²) in [6.07, 6.45) is 10.5. The number of fused-ring (bicyclic) bond motifs is 7. The highest BCUT2D eigenvalue weighted by molar-refractivity contribution is 5.76. The number of hydrogen-bond acceptors (Lipinski definition) is 2. The molecule has 0 radical (unpaired) electrons.